The van der Waals surface area contributed by atoms with Crippen molar-refractivity contribution in [2.24, 2.45) is 0 Å². The van der Waals surface area contributed by atoms with Gasteiger partial charge in [-0.15, -0.1) is 0 Å². The third-order valence-corrected chi connectivity index (χ3v) is 1.90. The maximum absolute atomic E-state index is 13.1. The highest BCUT2D eigenvalue weighted by molar-refractivity contribution is 5.26. The largest absolute Gasteiger partial charge is 0.207 e. The molecular weight excluding hydrogens is 172 g/mol. The molecule has 0 aromatic heterocycles. The summed E-state index contributed by atoms with van der Waals surface area (Å²) >= 11 is 0. The maximum atomic E-state index is 13.1. The van der Waals surface area contributed by atoms with Crippen LogP contribution >= 0.6 is 0 Å². The molecule has 13 heavy (non-hydrogen) atoms. The van der Waals surface area contributed by atoms with Crippen molar-refractivity contribution in [3.05, 3.63) is 35.4 Å². The maximum Gasteiger partial charge on any atom is 0.127 e. The number of hydrogen-bond acceptors (Lipinski definition) is 1. The van der Waals surface area contributed by atoms with Crippen molar-refractivity contribution in [3.8, 4) is 6.07 Å². The molecule has 1 rings (SSSR count). The summed E-state index contributed by atoms with van der Waals surface area (Å²) in [6, 6.07) is 5.10. The van der Waals surface area contributed by atoms with Gasteiger partial charge in [0.15, 0.2) is 0 Å². The van der Waals surface area contributed by atoms with Crippen LogP contribution in [0.4, 0.5) is 8.78 Å². The molecule has 0 radical (unpaired) electrons. The first-order valence-corrected chi connectivity index (χ1v) is 4.03. The topological polar surface area (TPSA) is 23.8 Å². The fourth-order valence-electron chi connectivity index (χ4n) is 1.16. The molecule has 0 fully saturated rings. The summed E-state index contributed by atoms with van der Waals surface area (Å²) in [7, 11) is 0. The number of nitrogens with zero attached hydrogens (tertiary/aromatic N) is 1. The Morgan fingerprint density at radius 1 is 1.46 bits per heavy atom. The van der Waals surface area contributed by atoms with Crippen LogP contribution in [0.1, 0.15) is 24.8 Å². The molecule has 0 saturated heterocycles. The highest BCUT2D eigenvalue weighted by Crippen LogP contribution is 2.22. The average Bonchev–Trinajstić information content (AvgIpc) is 2.13. The average molecular weight is 181 g/mol. The van der Waals surface area contributed by atoms with Crippen LogP contribution < -0.4 is 0 Å². The summed E-state index contributed by atoms with van der Waals surface area (Å²) in [5.74, 6) is -1.59. The van der Waals surface area contributed by atoms with Crippen LogP contribution in [0, 0.1) is 23.0 Å². The molecule has 1 unspecified atom stereocenters. The number of halogens is 2. The summed E-state index contributed by atoms with van der Waals surface area (Å²) in [5, 5.41) is 8.66. The van der Waals surface area contributed by atoms with Crippen LogP contribution in [0.15, 0.2) is 18.2 Å². The van der Waals surface area contributed by atoms with Gasteiger partial charge in [0.2, 0.25) is 0 Å². The molecule has 0 aliphatic carbocycles. The van der Waals surface area contributed by atoms with E-state index in [1.54, 1.807) is 6.92 Å². The Kier molecular flexibility index (Phi) is 2.97. The Bertz CT molecular complexity index is 341. The van der Waals surface area contributed by atoms with Crippen LogP contribution in [0.2, 0.25) is 0 Å². The van der Waals surface area contributed by atoms with Gasteiger partial charge in [-0.25, -0.2) is 8.78 Å². The Hall–Kier alpha value is -1.43. The van der Waals surface area contributed by atoms with Gasteiger partial charge in [0.05, 0.1) is 12.0 Å². The van der Waals surface area contributed by atoms with E-state index in [2.05, 4.69) is 0 Å². The van der Waals surface area contributed by atoms with E-state index in [-0.39, 0.29) is 5.56 Å². The number of rotatable bonds is 2. The summed E-state index contributed by atoms with van der Waals surface area (Å²) in [4.78, 5) is 0. The van der Waals surface area contributed by atoms with Crippen LogP contribution in [0.5, 0.6) is 0 Å². The minimum atomic E-state index is -0.560. The predicted octanol–water partition coefficient (Wildman–Crippen LogP) is 2.98. The van der Waals surface area contributed by atoms with Gasteiger partial charge < -0.3 is 0 Å². The molecule has 0 aliphatic rings. The molecule has 68 valence electrons. The molecule has 1 atom stereocenters. The lowest BCUT2D eigenvalue weighted by molar-refractivity contribution is 0.575. The minimum Gasteiger partial charge on any atom is -0.207 e. The molecule has 0 heterocycles. The van der Waals surface area contributed by atoms with Crippen molar-refractivity contribution in [1.29, 1.82) is 5.26 Å². The Morgan fingerprint density at radius 3 is 2.69 bits per heavy atom. The summed E-state index contributed by atoms with van der Waals surface area (Å²) in [6.07, 6.45) is 0.483. The zero-order valence-corrected chi connectivity index (χ0v) is 7.22. The second kappa shape index (κ2) is 3.99. The van der Waals surface area contributed by atoms with Crippen LogP contribution in [0.3, 0.4) is 0 Å². The first kappa shape index (κ1) is 9.66. The quantitative estimate of drug-likeness (QED) is 0.688. The SMILES string of the molecule is CCC(C#N)c1cc(F)ccc1F. The first-order chi connectivity index (χ1) is 6.19. The highest BCUT2D eigenvalue weighted by atomic mass is 19.1. The number of hydrogen-bond donors (Lipinski definition) is 0. The molecule has 0 N–H and O–H groups in total. The molecule has 0 saturated carbocycles. The molecular formula is C10H9F2N. The number of nitriles is 1. The predicted molar refractivity (Wildman–Crippen MR) is 45.0 cm³/mol. The second-order valence-corrected chi connectivity index (χ2v) is 2.76. The van der Waals surface area contributed by atoms with E-state index in [0.29, 0.717) is 6.42 Å². The van der Waals surface area contributed by atoms with Gasteiger partial charge in [0.25, 0.3) is 0 Å². The lowest BCUT2D eigenvalue weighted by Crippen LogP contribution is -1.98. The van der Waals surface area contributed by atoms with E-state index in [1.165, 1.54) is 0 Å². The van der Waals surface area contributed by atoms with Gasteiger partial charge in [0, 0.05) is 5.56 Å². The van der Waals surface area contributed by atoms with E-state index in [1.807, 2.05) is 6.07 Å². The van der Waals surface area contributed by atoms with Crippen LogP contribution in [-0.4, -0.2) is 0 Å². The fraction of sp³-hybridized carbons (Fsp3) is 0.300. The van der Waals surface area contributed by atoms with Crippen LogP contribution in [-0.2, 0) is 0 Å². The van der Waals surface area contributed by atoms with E-state index in [9.17, 15) is 8.78 Å². The van der Waals surface area contributed by atoms with Crippen molar-refractivity contribution in [1.82, 2.24) is 0 Å². The highest BCUT2D eigenvalue weighted by Gasteiger charge is 2.13. The summed E-state index contributed by atoms with van der Waals surface area (Å²) in [6.45, 7) is 1.76. The van der Waals surface area contributed by atoms with Crippen LogP contribution in [0.25, 0.3) is 0 Å². The zero-order chi connectivity index (χ0) is 9.84. The lowest BCUT2D eigenvalue weighted by Gasteiger charge is -2.06. The van der Waals surface area contributed by atoms with Gasteiger partial charge in [-0.2, -0.15) is 5.26 Å². The molecule has 1 aromatic carbocycles. The molecule has 0 amide bonds. The Balaban J connectivity index is 3.13. The van der Waals surface area contributed by atoms with Gasteiger partial charge in [-0.3, -0.25) is 0 Å². The minimum absolute atomic E-state index is 0.144. The summed E-state index contributed by atoms with van der Waals surface area (Å²) < 4.78 is 25.8. The van der Waals surface area contributed by atoms with Crippen molar-refractivity contribution in [2.45, 2.75) is 19.3 Å². The fourth-order valence-corrected chi connectivity index (χ4v) is 1.16. The third-order valence-electron chi connectivity index (χ3n) is 1.90. The monoisotopic (exact) mass is 181 g/mol. The molecule has 1 aromatic rings. The number of benzene rings is 1. The molecule has 0 aliphatic heterocycles. The normalized spacial score (nSPS) is 12.2. The second-order valence-electron chi connectivity index (χ2n) is 2.76. The van der Waals surface area contributed by atoms with E-state index < -0.39 is 17.6 Å². The molecule has 0 spiro atoms. The van der Waals surface area contributed by atoms with Gasteiger partial charge in [-0.05, 0) is 24.6 Å². The third kappa shape index (κ3) is 2.03. The zero-order valence-electron chi connectivity index (χ0n) is 7.22. The molecule has 3 heteroatoms. The van der Waals surface area contributed by atoms with E-state index in [0.717, 1.165) is 18.2 Å². The van der Waals surface area contributed by atoms with Gasteiger partial charge >= 0.3 is 0 Å². The van der Waals surface area contributed by atoms with Crippen molar-refractivity contribution >= 4 is 0 Å². The summed E-state index contributed by atoms with van der Waals surface area (Å²) in [5.41, 5.74) is 0.144. The van der Waals surface area contributed by atoms with E-state index in [4.69, 9.17) is 5.26 Å². The molecule has 1 nitrogen and oxygen atoms in total. The smallest absolute Gasteiger partial charge is 0.127 e. The van der Waals surface area contributed by atoms with Crippen molar-refractivity contribution < 1.29 is 8.78 Å². The molecule has 0 bridgehead atoms. The lowest BCUT2D eigenvalue weighted by atomic mass is 9.97. The Labute approximate surface area is 75.6 Å². The van der Waals surface area contributed by atoms with Gasteiger partial charge in [0.1, 0.15) is 11.6 Å². The van der Waals surface area contributed by atoms with Crippen molar-refractivity contribution in [2.75, 3.05) is 0 Å². The standard InChI is InChI=1S/C10H9F2N/c1-2-7(6-13)9-5-8(11)3-4-10(9)12/h3-5,7H,2H2,1H3. The van der Waals surface area contributed by atoms with Gasteiger partial charge in [-0.1, -0.05) is 6.92 Å². The first-order valence-electron chi connectivity index (χ1n) is 4.03. The van der Waals surface area contributed by atoms with Crippen molar-refractivity contribution in [3.63, 3.8) is 0 Å². The van der Waals surface area contributed by atoms with E-state index >= 15 is 0 Å². The Morgan fingerprint density at radius 2 is 2.15 bits per heavy atom.